The molecule has 2 rings (SSSR count). The van der Waals surface area contributed by atoms with Gasteiger partial charge < -0.3 is 10.8 Å². The molecule has 0 saturated heterocycles. The van der Waals surface area contributed by atoms with E-state index in [0.717, 1.165) is 30.5 Å². The van der Waals surface area contributed by atoms with E-state index in [0.29, 0.717) is 6.54 Å². The van der Waals surface area contributed by atoms with Crippen molar-refractivity contribution in [3.8, 4) is 0 Å². The summed E-state index contributed by atoms with van der Waals surface area (Å²) < 4.78 is 0. The molecule has 0 saturated carbocycles. The molecule has 15 heavy (non-hydrogen) atoms. The van der Waals surface area contributed by atoms with Crippen molar-refractivity contribution >= 4 is 5.97 Å². The molecular formula is C10H15N3O2. The fourth-order valence-electron chi connectivity index (χ4n) is 2.46. The van der Waals surface area contributed by atoms with Crippen LogP contribution in [0, 0.1) is 0 Å². The van der Waals surface area contributed by atoms with E-state index in [1.54, 1.807) is 6.20 Å². The summed E-state index contributed by atoms with van der Waals surface area (Å²) in [6, 6.07) is 0. The second-order valence-electron chi connectivity index (χ2n) is 4.17. The van der Waals surface area contributed by atoms with Crippen molar-refractivity contribution in [1.29, 1.82) is 0 Å². The van der Waals surface area contributed by atoms with Crippen LogP contribution < -0.4 is 5.73 Å². The van der Waals surface area contributed by atoms with Crippen LogP contribution in [0.4, 0.5) is 0 Å². The lowest BCUT2D eigenvalue weighted by Crippen LogP contribution is -2.40. The number of fused-ring (bicyclic) bond motifs is 1. The van der Waals surface area contributed by atoms with Crippen LogP contribution >= 0.6 is 0 Å². The number of nitrogens with zero attached hydrogens (tertiary/aromatic N) is 1. The Morgan fingerprint density at radius 2 is 2.53 bits per heavy atom. The van der Waals surface area contributed by atoms with Gasteiger partial charge in [-0.2, -0.15) is 5.10 Å². The second kappa shape index (κ2) is 3.66. The first-order chi connectivity index (χ1) is 7.18. The standard InChI is InChI=1S/C10H15N3O2/c11-6-10(4-9(14)15)3-1-2-8-7(10)5-12-13-8/h5H,1-4,6,11H2,(H,12,13)(H,14,15). The zero-order chi connectivity index (χ0) is 10.9. The average Bonchev–Trinajstić information content (AvgIpc) is 2.66. The van der Waals surface area contributed by atoms with E-state index >= 15 is 0 Å². The smallest absolute Gasteiger partial charge is 0.304 e. The van der Waals surface area contributed by atoms with Crippen LogP contribution in [-0.2, 0) is 16.6 Å². The Kier molecular flexibility index (Phi) is 2.48. The first-order valence-corrected chi connectivity index (χ1v) is 5.12. The topological polar surface area (TPSA) is 92.0 Å². The van der Waals surface area contributed by atoms with Gasteiger partial charge in [-0.15, -0.1) is 0 Å². The summed E-state index contributed by atoms with van der Waals surface area (Å²) in [7, 11) is 0. The van der Waals surface area contributed by atoms with Gasteiger partial charge in [-0.3, -0.25) is 9.89 Å². The Balaban J connectivity index is 2.39. The minimum Gasteiger partial charge on any atom is -0.481 e. The molecule has 0 fully saturated rings. The maximum atomic E-state index is 10.9. The molecule has 0 radical (unpaired) electrons. The van der Waals surface area contributed by atoms with E-state index in [1.165, 1.54) is 0 Å². The number of aliphatic carboxylic acids is 1. The lowest BCUT2D eigenvalue weighted by molar-refractivity contribution is -0.138. The number of carbonyl (C=O) groups is 1. The summed E-state index contributed by atoms with van der Waals surface area (Å²) in [6.45, 7) is 0.367. The number of aromatic amines is 1. The average molecular weight is 209 g/mol. The molecule has 1 aliphatic rings. The Labute approximate surface area is 87.7 Å². The van der Waals surface area contributed by atoms with Crippen molar-refractivity contribution in [1.82, 2.24) is 10.2 Å². The number of hydrogen-bond acceptors (Lipinski definition) is 3. The van der Waals surface area contributed by atoms with Gasteiger partial charge in [-0.1, -0.05) is 0 Å². The van der Waals surface area contributed by atoms with Crippen molar-refractivity contribution in [2.75, 3.05) is 6.54 Å². The maximum Gasteiger partial charge on any atom is 0.304 e. The highest BCUT2D eigenvalue weighted by atomic mass is 16.4. The van der Waals surface area contributed by atoms with Crippen LogP contribution in [0.1, 0.15) is 30.5 Å². The summed E-state index contributed by atoms with van der Waals surface area (Å²) in [4.78, 5) is 10.9. The molecule has 82 valence electrons. The number of hydrogen-bond donors (Lipinski definition) is 3. The van der Waals surface area contributed by atoms with Gasteiger partial charge in [0.15, 0.2) is 0 Å². The van der Waals surface area contributed by atoms with Crippen molar-refractivity contribution in [2.45, 2.75) is 31.1 Å². The van der Waals surface area contributed by atoms with E-state index in [4.69, 9.17) is 10.8 Å². The second-order valence-corrected chi connectivity index (χ2v) is 4.17. The monoisotopic (exact) mass is 209 g/mol. The number of rotatable bonds is 3. The maximum absolute atomic E-state index is 10.9. The highest BCUT2D eigenvalue weighted by Gasteiger charge is 2.38. The molecule has 1 aliphatic carbocycles. The normalized spacial score (nSPS) is 24.9. The summed E-state index contributed by atoms with van der Waals surface area (Å²) in [5.41, 5.74) is 7.39. The molecule has 1 heterocycles. The van der Waals surface area contributed by atoms with Crippen LogP contribution in [0.15, 0.2) is 6.20 Å². The molecule has 5 nitrogen and oxygen atoms in total. The number of H-pyrrole nitrogens is 1. The van der Waals surface area contributed by atoms with E-state index < -0.39 is 11.4 Å². The third kappa shape index (κ3) is 1.63. The summed E-state index contributed by atoms with van der Waals surface area (Å²) in [6.07, 6.45) is 4.57. The molecule has 0 amide bonds. The number of nitrogens with one attached hydrogen (secondary N) is 1. The molecule has 1 atom stereocenters. The van der Waals surface area contributed by atoms with Crippen molar-refractivity contribution in [3.63, 3.8) is 0 Å². The van der Waals surface area contributed by atoms with Gasteiger partial charge in [0.2, 0.25) is 0 Å². The van der Waals surface area contributed by atoms with Gasteiger partial charge >= 0.3 is 5.97 Å². The number of aryl methyl sites for hydroxylation is 1. The molecule has 0 aromatic carbocycles. The zero-order valence-electron chi connectivity index (χ0n) is 8.49. The van der Waals surface area contributed by atoms with E-state index in [9.17, 15) is 4.79 Å². The van der Waals surface area contributed by atoms with Crippen molar-refractivity contribution < 1.29 is 9.90 Å². The molecule has 1 aromatic rings. The molecule has 5 heteroatoms. The van der Waals surface area contributed by atoms with Gasteiger partial charge in [-0.05, 0) is 19.3 Å². The van der Waals surface area contributed by atoms with Crippen LogP contribution in [0.5, 0.6) is 0 Å². The first-order valence-electron chi connectivity index (χ1n) is 5.12. The lowest BCUT2D eigenvalue weighted by atomic mass is 9.70. The predicted octanol–water partition coefficient (Wildman–Crippen LogP) is 0.417. The number of carboxylic acid groups (broad SMARTS) is 1. The molecule has 1 unspecified atom stereocenters. The SMILES string of the molecule is NCC1(CC(=O)O)CCCc2[nH]ncc21. The number of carboxylic acids is 1. The minimum absolute atomic E-state index is 0.0933. The Morgan fingerprint density at radius 1 is 1.73 bits per heavy atom. The molecule has 0 bridgehead atoms. The highest BCUT2D eigenvalue weighted by molar-refractivity contribution is 5.69. The fraction of sp³-hybridized carbons (Fsp3) is 0.600. The largest absolute Gasteiger partial charge is 0.481 e. The molecule has 4 N–H and O–H groups in total. The van der Waals surface area contributed by atoms with Gasteiger partial charge in [0.05, 0.1) is 12.6 Å². The van der Waals surface area contributed by atoms with E-state index in [2.05, 4.69) is 10.2 Å². The quantitative estimate of drug-likeness (QED) is 0.672. The third-order valence-electron chi connectivity index (χ3n) is 3.25. The summed E-state index contributed by atoms with van der Waals surface area (Å²) in [5.74, 6) is -0.797. The number of nitrogens with two attached hydrogens (primary N) is 1. The fourth-order valence-corrected chi connectivity index (χ4v) is 2.46. The van der Waals surface area contributed by atoms with Crippen molar-refractivity contribution in [3.05, 3.63) is 17.5 Å². The molecule has 1 aromatic heterocycles. The predicted molar refractivity (Wildman–Crippen MR) is 54.5 cm³/mol. The summed E-state index contributed by atoms with van der Waals surface area (Å²) in [5, 5.41) is 15.8. The summed E-state index contributed by atoms with van der Waals surface area (Å²) >= 11 is 0. The minimum atomic E-state index is -0.797. The van der Waals surface area contributed by atoms with Crippen LogP contribution in [0.3, 0.4) is 0 Å². The molecular weight excluding hydrogens is 194 g/mol. The van der Waals surface area contributed by atoms with Crippen LogP contribution in [-0.4, -0.2) is 27.8 Å². The van der Waals surface area contributed by atoms with Gasteiger partial charge in [0, 0.05) is 23.2 Å². The molecule has 0 spiro atoms. The lowest BCUT2D eigenvalue weighted by Gasteiger charge is -2.34. The molecule has 0 aliphatic heterocycles. The zero-order valence-corrected chi connectivity index (χ0v) is 8.49. The van der Waals surface area contributed by atoms with Crippen molar-refractivity contribution in [2.24, 2.45) is 5.73 Å². The van der Waals surface area contributed by atoms with E-state index in [-0.39, 0.29) is 6.42 Å². The van der Waals surface area contributed by atoms with Gasteiger partial charge in [0.25, 0.3) is 0 Å². The Bertz CT molecular complexity index is 374. The van der Waals surface area contributed by atoms with Gasteiger partial charge in [0.1, 0.15) is 0 Å². The third-order valence-corrected chi connectivity index (χ3v) is 3.25. The van der Waals surface area contributed by atoms with Crippen LogP contribution in [0.25, 0.3) is 0 Å². The Morgan fingerprint density at radius 3 is 3.20 bits per heavy atom. The highest BCUT2D eigenvalue weighted by Crippen LogP contribution is 2.38. The first kappa shape index (κ1) is 10.2. The van der Waals surface area contributed by atoms with E-state index in [1.807, 2.05) is 0 Å². The van der Waals surface area contributed by atoms with Crippen LogP contribution in [0.2, 0.25) is 0 Å². The number of aromatic nitrogens is 2. The Hall–Kier alpha value is -1.36. The van der Waals surface area contributed by atoms with Gasteiger partial charge in [-0.25, -0.2) is 0 Å².